The molecule has 18 heavy (non-hydrogen) atoms. The fraction of sp³-hybridized carbons (Fsp3) is 0.385. The summed E-state index contributed by atoms with van der Waals surface area (Å²) in [6.07, 6.45) is 6.42. The minimum atomic E-state index is 0.238. The number of H-pyrrole nitrogens is 1. The lowest BCUT2D eigenvalue weighted by atomic mass is 10.2. The maximum absolute atomic E-state index is 5.03. The lowest BCUT2D eigenvalue weighted by molar-refractivity contribution is 0.397. The van der Waals surface area contributed by atoms with E-state index in [0.717, 1.165) is 24.4 Å². The summed E-state index contributed by atoms with van der Waals surface area (Å²) < 4.78 is 5.03. The van der Waals surface area contributed by atoms with E-state index in [1.165, 1.54) is 0 Å². The van der Waals surface area contributed by atoms with Crippen LogP contribution in [0.4, 0.5) is 0 Å². The Morgan fingerprint density at radius 3 is 2.83 bits per heavy atom. The normalized spacial score (nSPS) is 12.3. The first-order valence-electron chi connectivity index (χ1n) is 6.05. The Hall–Kier alpha value is -1.88. The Kier molecular flexibility index (Phi) is 4.30. The Morgan fingerprint density at radius 1 is 1.39 bits per heavy atom. The van der Waals surface area contributed by atoms with E-state index in [-0.39, 0.29) is 6.04 Å². The number of imidazole rings is 1. The maximum Gasteiger partial charge on any atom is 0.212 e. The highest BCUT2D eigenvalue weighted by Gasteiger charge is 2.10. The standard InChI is InChI=1S/C13H18N4O/c1-3-11(13-14-6-7-15-13)16-8-10-4-5-12(18-2)17-9-10/h4-7,9,11,16H,3,8H2,1-2H3,(H,14,15). The van der Waals surface area contributed by atoms with Crippen molar-refractivity contribution in [2.75, 3.05) is 7.11 Å². The highest BCUT2D eigenvalue weighted by Crippen LogP contribution is 2.13. The van der Waals surface area contributed by atoms with Gasteiger partial charge in [0.1, 0.15) is 5.82 Å². The second kappa shape index (κ2) is 6.16. The molecule has 2 N–H and O–H groups in total. The Balaban J connectivity index is 1.93. The van der Waals surface area contributed by atoms with E-state index < -0.39 is 0 Å². The lowest BCUT2D eigenvalue weighted by Gasteiger charge is -2.14. The van der Waals surface area contributed by atoms with E-state index in [1.54, 1.807) is 13.3 Å². The van der Waals surface area contributed by atoms with Gasteiger partial charge in [0.05, 0.1) is 13.2 Å². The molecule has 0 aliphatic carbocycles. The molecule has 0 saturated heterocycles. The van der Waals surface area contributed by atoms with Crippen LogP contribution in [0.1, 0.15) is 30.8 Å². The number of hydrogen-bond donors (Lipinski definition) is 2. The van der Waals surface area contributed by atoms with Gasteiger partial charge < -0.3 is 15.0 Å². The summed E-state index contributed by atoms with van der Waals surface area (Å²) in [6, 6.07) is 4.11. The SMILES string of the molecule is CCC(NCc1ccc(OC)nc1)c1ncc[nH]1. The number of methoxy groups -OCH3 is 1. The summed E-state index contributed by atoms with van der Waals surface area (Å²) in [5, 5.41) is 3.45. The third-order valence-electron chi connectivity index (χ3n) is 2.82. The summed E-state index contributed by atoms with van der Waals surface area (Å²) in [5.74, 6) is 1.61. The Morgan fingerprint density at radius 2 is 2.28 bits per heavy atom. The lowest BCUT2D eigenvalue weighted by Crippen LogP contribution is -2.21. The Bertz CT molecular complexity index is 452. The minimum absolute atomic E-state index is 0.238. The molecule has 5 heteroatoms. The minimum Gasteiger partial charge on any atom is -0.481 e. The molecule has 0 aromatic carbocycles. The van der Waals surface area contributed by atoms with Crippen LogP contribution in [-0.4, -0.2) is 22.1 Å². The van der Waals surface area contributed by atoms with E-state index in [0.29, 0.717) is 5.88 Å². The van der Waals surface area contributed by atoms with Gasteiger partial charge in [-0.1, -0.05) is 13.0 Å². The predicted octanol–water partition coefficient (Wildman–Crippen LogP) is 2.05. The third-order valence-corrected chi connectivity index (χ3v) is 2.82. The van der Waals surface area contributed by atoms with Crippen LogP contribution < -0.4 is 10.1 Å². The van der Waals surface area contributed by atoms with Gasteiger partial charge >= 0.3 is 0 Å². The molecule has 2 heterocycles. The van der Waals surface area contributed by atoms with Crippen LogP contribution >= 0.6 is 0 Å². The molecule has 2 aromatic rings. The zero-order valence-electron chi connectivity index (χ0n) is 10.7. The second-order valence-corrected chi connectivity index (χ2v) is 4.02. The molecule has 0 amide bonds. The fourth-order valence-corrected chi connectivity index (χ4v) is 1.78. The molecule has 1 atom stereocenters. The smallest absolute Gasteiger partial charge is 0.212 e. The molecular formula is C13H18N4O. The molecular weight excluding hydrogens is 228 g/mol. The van der Waals surface area contributed by atoms with E-state index in [1.807, 2.05) is 24.5 Å². The first-order valence-corrected chi connectivity index (χ1v) is 6.05. The topological polar surface area (TPSA) is 62.8 Å². The van der Waals surface area contributed by atoms with Crippen molar-refractivity contribution in [2.24, 2.45) is 0 Å². The fourth-order valence-electron chi connectivity index (χ4n) is 1.78. The van der Waals surface area contributed by atoms with Crippen molar-refractivity contribution >= 4 is 0 Å². The summed E-state index contributed by atoms with van der Waals surface area (Å²) in [7, 11) is 1.62. The third kappa shape index (κ3) is 3.07. The van der Waals surface area contributed by atoms with Crippen LogP contribution in [0, 0.1) is 0 Å². The molecule has 1 unspecified atom stereocenters. The van der Waals surface area contributed by atoms with E-state index in [2.05, 4.69) is 27.2 Å². The monoisotopic (exact) mass is 246 g/mol. The first-order chi connectivity index (χ1) is 8.83. The molecule has 0 radical (unpaired) electrons. The molecule has 96 valence electrons. The van der Waals surface area contributed by atoms with E-state index in [9.17, 15) is 0 Å². The van der Waals surface area contributed by atoms with E-state index >= 15 is 0 Å². The zero-order chi connectivity index (χ0) is 12.8. The number of hydrogen-bond acceptors (Lipinski definition) is 4. The predicted molar refractivity (Wildman–Crippen MR) is 69.2 cm³/mol. The molecule has 2 aromatic heterocycles. The molecule has 0 aliphatic heterocycles. The summed E-state index contributed by atoms with van der Waals surface area (Å²) >= 11 is 0. The molecule has 5 nitrogen and oxygen atoms in total. The van der Waals surface area contributed by atoms with Crippen molar-refractivity contribution in [2.45, 2.75) is 25.9 Å². The maximum atomic E-state index is 5.03. The van der Waals surface area contributed by atoms with Crippen LogP contribution in [0.3, 0.4) is 0 Å². The zero-order valence-corrected chi connectivity index (χ0v) is 10.7. The number of pyridine rings is 1. The van der Waals surface area contributed by atoms with Crippen LogP contribution in [0.15, 0.2) is 30.7 Å². The van der Waals surface area contributed by atoms with Gasteiger partial charge in [-0.3, -0.25) is 0 Å². The average Bonchev–Trinajstić information content (AvgIpc) is 2.94. The van der Waals surface area contributed by atoms with Gasteiger partial charge in [0.25, 0.3) is 0 Å². The summed E-state index contributed by atoms with van der Waals surface area (Å²) in [6.45, 7) is 2.89. The molecule has 0 bridgehead atoms. The van der Waals surface area contributed by atoms with Gasteiger partial charge in [-0.25, -0.2) is 9.97 Å². The van der Waals surface area contributed by atoms with Gasteiger partial charge in [0, 0.05) is 31.2 Å². The van der Waals surface area contributed by atoms with Crippen LogP contribution in [0.2, 0.25) is 0 Å². The molecule has 0 fully saturated rings. The quantitative estimate of drug-likeness (QED) is 0.819. The van der Waals surface area contributed by atoms with Crippen LogP contribution in [0.25, 0.3) is 0 Å². The number of ether oxygens (including phenoxy) is 1. The van der Waals surface area contributed by atoms with Gasteiger partial charge in [-0.05, 0) is 12.0 Å². The molecule has 0 saturated carbocycles. The van der Waals surface area contributed by atoms with Crippen molar-refractivity contribution < 1.29 is 4.74 Å². The number of aromatic nitrogens is 3. The second-order valence-electron chi connectivity index (χ2n) is 4.02. The van der Waals surface area contributed by atoms with E-state index in [4.69, 9.17) is 4.74 Å². The number of nitrogens with zero attached hydrogens (tertiary/aromatic N) is 2. The van der Waals surface area contributed by atoms with Crippen molar-refractivity contribution in [1.29, 1.82) is 0 Å². The summed E-state index contributed by atoms with van der Waals surface area (Å²) in [5.41, 5.74) is 1.13. The van der Waals surface area contributed by atoms with Crippen LogP contribution in [-0.2, 0) is 6.54 Å². The highest BCUT2D eigenvalue weighted by atomic mass is 16.5. The van der Waals surface area contributed by atoms with Crippen molar-refractivity contribution in [3.8, 4) is 5.88 Å². The van der Waals surface area contributed by atoms with Gasteiger partial charge in [-0.15, -0.1) is 0 Å². The number of rotatable bonds is 6. The number of nitrogens with one attached hydrogen (secondary N) is 2. The molecule has 2 rings (SSSR count). The Labute approximate surface area is 107 Å². The number of aromatic amines is 1. The van der Waals surface area contributed by atoms with Gasteiger partial charge in [0.2, 0.25) is 5.88 Å². The molecule has 0 aliphatic rings. The van der Waals surface area contributed by atoms with Gasteiger partial charge in [0.15, 0.2) is 0 Å². The van der Waals surface area contributed by atoms with Gasteiger partial charge in [-0.2, -0.15) is 0 Å². The highest BCUT2D eigenvalue weighted by molar-refractivity contribution is 5.17. The van der Waals surface area contributed by atoms with Crippen molar-refractivity contribution in [3.63, 3.8) is 0 Å². The van der Waals surface area contributed by atoms with Crippen molar-refractivity contribution in [3.05, 3.63) is 42.1 Å². The van der Waals surface area contributed by atoms with Crippen LogP contribution in [0.5, 0.6) is 5.88 Å². The largest absolute Gasteiger partial charge is 0.481 e. The average molecular weight is 246 g/mol. The summed E-state index contributed by atoms with van der Waals surface area (Å²) in [4.78, 5) is 11.6. The molecule has 0 spiro atoms. The first kappa shape index (κ1) is 12.6. The van der Waals surface area contributed by atoms with Crippen molar-refractivity contribution in [1.82, 2.24) is 20.3 Å².